The van der Waals surface area contributed by atoms with E-state index in [-0.39, 0.29) is 11.7 Å². The van der Waals surface area contributed by atoms with Gasteiger partial charge in [0.2, 0.25) is 5.82 Å². The van der Waals surface area contributed by atoms with Gasteiger partial charge in [-0.15, -0.1) is 0 Å². The van der Waals surface area contributed by atoms with Crippen molar-refractivity contribution >= 4 is 16.9 Å². The third kappa shape index (κ3) is 4.34. The number of carbonyl (C=O) groups is 1. The average molecular weight is 431 g/mol. The molecule has 0 saturated heterocycles. The van der Waals surface area contributed by atoms with Gasteiger partial charge in [0.25, 0.3) is 5.91 Å². The summed E-state index contributed by atoms with van der Waals surface area (Å²) < 4.78 is 49.2. The Morgan fingerprint density at radius 3 is 2.65 bits per heavy atom. The minimum Gasteiger partial charge on any atom is -0.497 e. The predicted molar refractivity (Wildman–Crippen MR) is 103 cm³/mol. The molecular formula is C20H16F3N5O3. The van der Waals surface area contributed by atoms with Gasteiger partial charge < -0.3 is 19.1 Å². The zero-order valence-corrected chi connectivity index (χ0v) is 16.2. The van der Waals surface area contributed by atoms with Crippen LogP contribution in [0.25, 0.3) is 22.4 Å². The van der Waals surface area contributed by atoms with Crippen LogP contribution in [0.5, 0.6) is 5.75 Å². The number of hydrogen-bond acceptors (Lipinski definition) is 6. The number of carbonyl (C=O) groups excluding carboxylic acids is 1. The van der Waals surface area contributed by atoms with Crippen LogP contribution in [-0.2, 0) is 12.7 Å². The summed E-state index contributed by atoms with van der Waals surface area (Å²) in [6, 6.07) is 11.6. The van der Waals surface area contributed by atoms with Gasteiger partial charge in [-0.25, -0.2) is 4.98 Å². The van der Waals surface area contributed by atoms with E-state index in [1.54, 1.807) is 60.5 Å². The highest BCUT2D eigenvalue weighted by molar-refractivity contribution is 5.94. The predicted octanol–water partition coefficient (Wildman–Crippen LogP) is 3.54. The second-order valence-electron chi connectivity index (χ2n) is 6.55. The van der Waals surface area contributed by atoms with E-state index >= 15 is 0 Å². The first kappa shape index (κ1) is 20.4. The fraction of sp³-hybridized carbons (Fsp3) is 0.200. The molecule has 8 nitrogen and oxygen atoms in total. The number of benzene rings is 2. The first-order chi connectivity index (χ1) is 14.8. The van der Waals surface area contributed by atoms with E-state index in [0.29, 0.717) is 41.0 Å². The number of ether oxygens (including phenoxy) is 1. The molecule has 31 heavy (non-hydrogen) atoms. The Bertz CT molecular complexity index is 1220. The second kappa shape index (κ2) is 8.09. The molecule has 0 fully saturated rings. The molecule has 0 atom stereocenters. The number of rotatable bonds is 6. The molecule has 0 aliphatic carbocycles. The molecule has 2 aromatic carbocycles. The van der Waals surface area contributed by atoms with E-state index < -0.39 is 12.1 Å². The zero-order chi connectivity index (χ0) is 22.0. The van der Waals surface area contributed by atoms with Crippen molar-refractivity contribution in [2.45, 2.75) is 12.7 Å². The number of nitrogens with one attached hydrogen (secondary N) is 1. The summed E-state index contributed by atoms with van der Waals surface area (Å²) in [4.78, 5) is 19.9. The van der Waals surface area contributed by atoms with Crippen LogP contribution < -0.4 is 10.1 Å². The Morgan fingerprint density at radius 2 is 1.97 bits per heavy atom. The Morgan fingerprint density at radius 1 is 1.19 bits per heavy atom. The number of imidazole rings is 1. The van der Waals surface area contributed by atoms with Gasteiger partial charge in [-0.2, -0.15) is 18.2 Å². The van der Waals surface area contributed by atoms with Crippen molar-refractivity contribution in [3.8, 4) is 17.1 Å². The van der Waals surface area contributed by atoms with Gasteiger partial charge in [-0.3, -0.25) is 4.79 Å². The van der Waals surface area contributed by atoms with Gasteiger partial charge in [0, 0.05) is 24.2 Å². The van der Waals surface area contributed by atoms with Crippen molar-refractivity contribution in [3.05, 3.63) is 60.2 Å². The molecule has 2 aromatic heterocycles. The van der Waals surface area contributed by atoms with Crippen LogP contribution >= 0.6 is 0 Å². The van der Waals surface area contributed by atoms with Crippen LogP contribution in [0, 0.1) is 0 Å². The second-order valence-corrected chi connectivity index (χ2v) is 6.55. The summed E-state index contributed by atoms with van der Waals surface area (Å²) >= 11 is 0. The maximum atomic E-state index is 12.7. The summed E-state index contributed by atoms with van der Waals surface area (Å²) in [6.45, 7) is 0.725. The maximum Gasteiger partial charge on any atom is 0.471 e. The number of nitrogens with zero attached hydrogens (tertiary/aromatic N) is 4. The normalized spacial score (nSPS) is 11.6. The lowest BCUT2D eigenvalue weighted by atomic mass is 10.2. The molecule has 0 unspecified atom stereocenters. The Labute approximate surface area is 173 Å². The molecule has 1 N–H and O–H groups in total. The number of alkyl halides is 3. The van der Waals surface area contributed by atoms with Crippen molar-refractivity contribution in [1.82, 2.24) is 25.0 Å². The van der Waals surface area contributed by atoms with Gasteiger partial charge in [0.1, 0.15) is 5.75 Å². The number of methoxy groups -OCH3 is 1. The fourth-order valence-electron chi connectivity index (χ4n) is 2.96. The number of aromatic nitrogens is 4. The van der Waals surface area contributed by atoms with Crippen molar-refractivity contribution in [2.75, 3.05) is 13.7 Å². The van der Waals surface area contributed by atoms with E-state index in [4.69, 9.17) is 4.74 Å². The molecule has 0 radical (unpaired) electrons. The molecule has 0 spiro atoms. The Hall–Kier alpha value is -3.89. The highest BCUT2D eigenvalue weighted by Gasteiger charge is 2.38. The molecule has 11 heteroatoms. The largest absolute Gasteiger partial charge is 0.497 e. The van der Waals surface area contributed by atoms with Gasteiger partial charge in [0.15, 0.2) is 0 Å². The molecular weight excluding hydrogens is 415 g/mol. The van der Waals surface area contributed by atoms with Crippen molar-refractivity contribution < 1.29 is 27.2 Å². The summed E-state index contributed by atoms with van der Waals surface area (Å²) in [5.41, 5.74) is 2.16. The van der Waals surface area contributed by atoms with Crippen LogP contribution in [0.3, 0.4) is 0 Å². The lowest BCUT2D eigenvalue weighted by Crippen LogP contribution is -2.27. The van der Waals surface area contributed by atoms with E-state index in [2.05, 4.69) is 25.0 Å². The molecule has 4 aromatic rings. The number of amides is 1. The molecule has 2 heterocycles. The zero-order valence-electron chi connectivity index (χ0n) is 16.2. The lowest BCUT2D eigenvalue weighted by Gasteiger charge is -2.08. The molecule has 4 rings (SSSR count). The number of fused-ring (bicyclic) bond motifs is 1. The molecule has 0 aliphatic heterocycles. The topological polar surface area (TPSA) is 95.1 Å². The lowest BCUT2D eigenvalue weighted by molar-refractivity contribution is -0.159. The fourth-order valence-corrected chi connectivity index (χ4v) is 2.96. The third-order valence-electron chi connectivity index (χ3n) is 4.54. The van der Waals surface area contributed by atoms with E-state index in [9.17, 15) is 18.0 Å². The van der Waals surface area contributed by atoms with Crippen LogP contribution in [0.4, 0.5) is 13.2 Å². The highest BCUT2D eigenvalue weighted by atomic mass is 19.4. The van der Waals surface area contributed by atoms with E-state index in [1.807, 2.05) is 0 Å². The van der Waals surface area contributed by atoms with Crippen LogP contribution in [0.15, 0.2) is 53.3 Å². The Balaban J connectivity index is 1.46. The van der Waals surface area contributed by atoms with Crippen LogP contribution in [0.2, 0.25) is 0 Å². The molecule has 1 amide bonds. The average Bonchev–Trinajstić information content (AvgIpc) is 3.41. The summed E-state index contributed by atoms with van der Waals surface area (Å²) in [7, 11) is 1.55. The number of halogens is 3. The molecule has 0 aliphatic rings. The standard InChI is InChI=1S/C20H16F3N5O3/c1-30-14-5-2-12(3-6-14)18(29)24-8-9-28-11-25-15-7-4-13(10-16(15)28)17-26-19(31-27-17)20(21,22)23/h2-7,10-11H,8-9H2,1H3,(H,24,29). The third-order valence-corrected chi connectivity index (χ3v) is 4.54. The first-order valence-electron chi connectivity index (χ1n) is 9.13. The quantitative estimate of drug-likeness (QED) is 0.502. The summed E-state index contributed by atoms with van der Waals surface area (Å²) in [6.07, 6.45) is -3.12. The van der Waals surface area contributed by atoms with Crippen molar-refractivity contribution in [3.63, 3.8) is 0 Å². The van der Waals surface area contributed by atoms with Crippen LogP contribution in [-0.4, -0.2) is 39.3 Å². The SMILES string of the molecule is COc1ccc(C(=O)NCCn2cnc3ccc(-c4noc(C(F)(F)F)n4)cc32)cc1. The van der Waals surface area contributed by atoms with Crippen molar-refractivity contribution in [2.24, 2.45) is 0 Å². The minimum absolute atomic E-state index is 0.171. The minimum atomic E-state index is -4.71. The molecule has 0 saturated carbocycles. The Kier molecular flexibility index (Phi) is 5.32. The summed E-state index contributed by atoms with van der Waals surface area (Å²) in [5, 5.41) is 6.22. The molecule has 160 valence electrons. The maximum absolute atomic E-state index is 12.7. The smallest absolute Gasteiger partial charge is 0.471 e. The first-order valence-corrected chi connectivity index (χ1v) is 9.13. The number of hydrogen-bond donors (Lipinski definition) is 1. The highest BCUT2D eigenvalue weighted by Crippen LogP contribution is 2.30. The van der Waals surface area contributed by atoms with E-state index in [1.165, 1.54) is 0 Å². The monoisotopic (exact) mass is 431 g/mol. The van der Waals surface area contributed by atoms with Gasteiger partial charge in [0.05, 0.1) is 24.5 Å². The van der Waals surface area contributed by atoms with Gasteiger partial charge in [-0.1, -0.05) is 5.16 Å². The summed E-state index contributed by atoms with van der Waals surface area (Å²) in [5.74, 6) is -1.16. The van der Waals surface area contributed by atoms with Gasteiger partial charge >= 0.3 is 12.1 Å². The van der Waals surface area contributed by atoms with Crippen molar-refractivity contribution in [1.29, 1.82) is 0 Å². The van der Waals surface area contributed by atoms with E-state index in [0.717, 1.165) is 0 Å². The molecule has 0 bridgehead atoms. The van der Waals surface area contributed by atoms with Crippen LogP contribution in [0.1, 0.15) is 16.2 Å². The van der Waals surface area contributed by atoms with Gasteiger partial charge in [-0.05, 0) is 42.5 Å².